The van der Waals surface area contributed by atoms with Crippen molar-refractivity contribution in [3.05, 3.63) is 11.1 Å². The van der Waals surface area contributed by atoms with Gasteiger partial charge in [0.05, 0.1) is 33.3 Å². The van der Waals surface area contributed by atoms with Gasteiger partial charge in [-0.1, -0.05) is 0 Å². The minimum atomic E-state index is -0.352. The molecule has 0 radical (unpaired) electrons. The molecule has 2 atom stereocenters. The lowest BCUT2D eigenvalue weighted by Crippen LogP contribution is -2.59. The molecule has 2 heterocycles. The smallest absolute Gasteiger partial charge is 0.353 e. The van der Waals surface area contributed by atoms with E-state index in [9.17, 15) is 9.59 Å². The molecule has 0 aromatic rings. The van der Waals surface area contributed by atoms with E-state index in [1.807, 2.05) is 10.1 Å². The van der Waals surface area contributed by atoms with Gasteiger partial charge in [0, 0.05) is 0 Å². The van der Waals surface area contributed by atoms with Crippen molar-refractivity contribution >= 4 is 11.9 Å². The number of hydrogen-bond donors (Lipinski definition) is 0. The molecule has 0 amide bonds. The highest BCUT2D eigenvalue weighted by atomic mass is 16.7. The second-order valence-corrected chi connectivity index (χ2v) is 13.3. The number of hydrogen-bond acceptors (Lipinski definition) is 6. The first kappa shape index (κ1) is 24.7. The van der Waals surface area contributed by atoms with Gasteiger partial charge in [-0.15, -0.1) is 10.1 Å². The Balaban J connectivity index is 1.61. The molecule has 0 N–H and O–H groups in total. The largest absolute Gasteiger partial charge is 0.363 e. The Morgan fingerprint density at radius 2 is 0.939 bits per heavy atom. The Hall–Kier alpha value is -1.40. The molecule has 2 saturated heterocycles. The first-order chi connectivity index (χ1) is 15.2. The van der Waals surface area contributed by atoms with Crippen LogP contribution in [0.2, 0.25) is 0 Å². The highest BCUT2D eigenvalue weighted by Gasteiger charge is 2.51. The molecule has 3 fully saturated rings. The lowest BCUT2D eigenvalue weighted by Gasteiger charge is -2.50. The average molecular weight is 461 g/mol. The highest BCUT2D eigenvalue weighted by Crippen LogP contribution is 2.50. The topological polar surface area (TPSA) is 59.1 Å². The van der Waals surface area contributed by atoms with E-state index in [0.29, 0.717) is 11.1 Å². The first-order valence-electron chi connectivity index (χ1n) is 13.0. The van der Waals surface area contributed by atoms with Crippen LogP contribution < -0.4 is 0 Å². The van der Waals surface area contributed by atoms with Crippen LogP contribution in [0.25, 0.3) is 0 Å². The Bertz CT molecular complexity index is 754. The van der Waals surface area contributed by atoms with Gasteiger partial charge in [-0.25, -0.2) is 9.59 Å². The molecule has 2 unspecified atom stereocenters. The van der Waals surface area contributed by atoms with E-state index < -0.39 is 0 Å². The third-order valence-corrected chi connectivity index (χ3v) is 8.68. The van der Waals surface area contributed by atoms with Gasteiger partial charge in [-0.05, 0) is 125 Å². The summed E-state index contributed by atoms with van der Waals surface area (Å²) in [6.45, 7) is 17.0. The minimum absolute atomic E-state index is 0.100. The lowest BCUT2D eigenvalue weighted by atomic mass is 9.82. The molecule has 0 aromatic heterocycles. The molecule has 2 aliphatic heterocycles. The number of piperidine rings is 2. The first-order valence-corrected chi connectivity index (χ1v) is 13.0. The van der Waals surface area contributed by atoms with Crippen molar-refractivity contribution in [2.45, 2.75) is 135 Å². The number of nitrogens with zero attached hydrogens (tertiary/aromatic N) is 2. The number of fused-ring (bicyclic) bond motifs is 2. The van der Waals surface area contributed by atoms with Gasteiger partial charge >= 0.3 is 11.9 Å². The van der Waals surface area contributed by atoms with Crippen LogP contribution >= 0.6 is 0 Å². The standard InChI is InChI=1S/C27H44N2O4/c1-24(2)13-9-14-25(3,4)28(24)32-22(30)20-18-11-12-19(17-18)21(20)23(31)33-29-26(5,6)15-10-16-27(29,7)8/h18-19H,9-17H2,1-8H3. The van der Waals surface area contributed by atoms with E-state index in [4.69, 9.17) is 9.68 Å². The van der Waals surface area contributed by atoms with Crippen LogP contribution in [0.5, 0.6) is 0 Å². The number of rotatable bonds is 4. The molecule has 2 bridgehead atoms. The molecule has 2 aliphatic carbocycles. The Morgan fingerprint density at radius 1 is 0.636 bits per heavy atom. The second-order valence-electron chi connectivity index (χ2n) is 13.3. The summed E-state index contributed by atoms with van der Waals surface area (Å²) in [4.78, 5) is 39.4. The summed E-state index contributed by atoms with van der Waals surface area (Å²) in [5.41, 5.74) is 0.189. The predicted molar refractivity (Wildman–Crippen MR) is 128 cm³/mol. The van der Waals surface area contributed by atoms with Gasteiger partial charge in [-0.3, -0.25) is 0 Å². The maximum atomic E-state index is 13.6. The van der Waals surface area contributed by atoms with Crippen molar-refractivity contribution in [3.63, 3.8) is 0 Å². The van der Waals surface area contributed by atoms with Crippen molar-refractivity contribution in [2.24, 2.45) is 11.8 Å². The van der Waals surface area contributed by atoms with Gasteiger partial charge in [0.1, 0.15) is 0 Å². The van der Waals surface area contributed by atoms with E-state index in [0.717, 1.165) is 57.8 Å². The second kappa shape index (κ2) is 8.08. The number of carbonyl (C=O) groups is 2. The fourth-order valence-corrected chi connectivity index (χ4v) is 7.21. The average Bonchev–Trinajstić information content (AvgIpc) is 3.28. The van der Waals surface area contributed by atoms with Crippen molar-refractivity contribution in [2.75, 3.05) is 0 Å². The molecule has 4 rings (SSSR count). The SMILES string of the molecule is CC1(C)CCCC(C)(C)N1OC(=O)C1=C(C(=O)ON2C(C)(C)CCCC2(C)C)C2CCC1C2. The highest BCUT2D eigenvalue weighted by molar-refractivity contribution is 6.02. The van der Waals surface area contributed by atoms with Gasteiger partial charge in [-0.2, -0.15) is 0 Å². The quantitative estimate of drug-likeness (QED) is 0.535. The Labute approximate surface area is 199 Å². The summed E-state index contributed by atoms with van der Waals surface area (Å²) in [6, 6.07) is 0. The van der Waals surface area contributed by atoms with Crippen molar-refractivity contribution in [3.8, 4) is 0 Å². The van der Waals surface area contributed by atoms with E-state index >= 15 is 0 Å². The summed E-state index contributed by atoms with van der Waals surface area (Å²) in [5, 5.41) is 3.79. The third kappa shape index (κ3) is 4.38. The maximum absolute atomic E-state index is 13.6. The molecule has 0 aromatic carbocycles. The van der Waals surface area contributed by atoms with Gasteiger partial charge in [0.15, 0.2) is 0 Å². The van der Waals surface area contributed by atoms with Crippen LogP contribution in [0.4, 0.5) is 0 Å². The van der Waals surface area contributed by atoms with Gasteiger partial charge in [0.2, 0.25) is 0 Å². The Kier molecular flexibility index (Phi) is 6.05. The molecule has 6 heteroatoms. The third-order valence-electron chi connectivity index (χ3n) is 8.68. The zero-order valence-corrected chi connectivity index (χ0v) is 22.0. The molecule has 0 spiro atoms. The normalized spacial score (nSPS) is 32.6. The molecule has 6 nitrogen and oxygen atoms in total. The summed E-state index contributed by atoms with van der Waals surface area (Å²) >= 11 is 0. The van der Waals surface area contributed by atoms with Gasteiger partial charge < -0.3 is 9.68 Å². The van der Waals surface area contributed by atoms with E-state index in [1.54, 1.807) is 0 Å². The summed E-state index contributed by atoms with van der Waals surface area (Å²) in [5.74, 6) is -0.504. The van der Waals surface area contributed by atoms with E-state index in [2.05, 4.69) is 55.4 Å². The fourth-order valence-electron chi connectivity index (χ4n) is 7.21. The summed E-state index contributed by atoms with van der Waals surface area (Å²) < 4.78 is 0. The van der Waals surface area contributed by atoms with Crippen LogP contribution in [0.3, 0.4) is 0 Å². The lowest BCUT2D eigenvalue weighted by molar-refractivity contribution is -0.264. The molecule has 4 aliphatic rings. The van der Waals surface area contributed by atoms with E-state index in [-0.39, 0.29) is 45.9 Å². The van der Waals surface area contributed by atoms with Crippen LogP contribution in [0.15, 0.2) is 11.1 Å². The van der Waals surface area contributed by atoms with Crippen LogP contribution in [-0.4, -0.2) is 44.2 Å². The van der Waals surface area contributed by atoms with Crippen molar-refractivity contribution in [1.82, 2.24) is 10.1 Å². The molecular formula is C27H44N2O4. The zero-order valence-electron chi connectivity index (χ0n) is 22.0. The van der Waals surface area contributed by atoms with Crippen molar-refractivity contribution in [1.29, 1.82) is 0 Å². The molecule has 33 heavy (non-hydrogen) atoms. The van der Waals surface area contributed by atoms with Crippen LogP contribution in [0, 0.1) is 11.8 Å². The number of hydroxylamine groups is 4. The zero-order chi connectivity index (χ0) is 24.4. The van der Waals surface area contributed by atoms with Crippen LogP contribution in [0.1, 0.15) is 113 Å². The fraction of sp³-hybridized carbons (Fsp3) is 0.852. The number of carbonyl (C=O) groups excluding carboxylic acids is 2. The monoisotopic (exact) mass is 460 g/mol. The minimum Gasteiger partial charge on any atom is -0.363 e. The van der Waals surface area contributed by atoms with Crippen LogP contribution in [-0.2, 0) is 19.3 Å². The van der Waals surface area contributed by atoms with Crippen molar-refractivity contribution < 1.29 is 19.3 Å². The van der Waals surface area contributed by atoms with E-state index in [1.165, 1.54) is 0 Å². The molecule has 1 saturated carbocycles. The predicted octanol–water partition coefficient (Wildman–Crippen LogP) is 5.72. The summed E-state index contributed by atoms with van der Waals surface area (Å²) in [6.07, 6.45) is 8.87. The maximum Gasteiger partial charge on any atom is 0.353 e. The summed E-state index contributed by atoms with van der Waals surface area (Å²) in [7, 11) is 0. The molecular weight excluding hydrogens is 416 g/mol. The van der Waals surface area contributed by atoms with Gasteiger partial charge in [0.25, 0.3) is 0 Å². The Morgan fingerprint density at radius 3 is 1.24 bits per heavy atom. The molecule has 186 valence electrons.